The van der Waals surface area contributed by atoms with Crippen molar-refractivity contribution in [2.45, 2.75) is 0 Å². The van der Waals surface area contributed by atoms with Gasteiger partial charge in [-0.25, -0.2) is 4.79 Å². The van der Waals surface area contributed by atoms with Gasteiger partial charge in [0, 0.05) is 16.3 Å². The van der Waals surface area contributed by atoms with Crippen LogP contribution in [0.3, 0.4) is 0 Å². The molecular weight excluding hydrogens is 300 g/mol. The van der Waals surface area contributed by atoms with Crippen LogP contribution in [0.1, 0.15) is 5.56 Å². The third-order valence-corrected chi connectivity index (χ3v) is 2.98. The number of carbonyl (C=O) groups is 1. The van der Waals surface area contributed by atoms with Crippen LogP contribution in [-0.2, 0) is 0 Å². The SMILES string of the molecule is COc1ccc(NC(=O)NCC#Cc2cccc(Cl)c2)cc1. The molecule has 0 radical (unpaired) electrons. The second-order valence-electron chi connectivity index (χ2n) is 4.35. The molecule has 112 valence electrons. The van der Waals surface area contributed by atoms with Crippen molar-refractivity contribution in [3.05, 3.63) is 59.1 Å². The molecule has 4 nitrogen and oxygen atoms in total. The average Bonchev–Trinajstić information content (AvgIpc) is 2.52. The lowest BCUT2D eigenvalue weighted by atomic mass is 10.2. The minimum atomic E-state index is -0.314. The molecular formula is C17H15ClN2O2. The van der Waals surface area contributed by atoms with Crippen molar-refractivity contribution < 1.29 is 9.53 Å². The van der Waals surface area contributed by atoms with Crippen molar-refractivity contribution in [2.24, 2.45) is 0 Å². The molecule has 0 aliphatic heterocycles. The maximum Gasteiger partial charge on any atom is 0.319 e. The minimum Gasteiger partial charge on any atom is -0.497 e. The van der Waals surface area contributed by atoms with Gasteiger partial charge < -0.3 is 15.4 Å². The van der Waals surface area contributed by atoms with Gasteiger partial charge in [-0.3, -0.25) is 0 Å². The molecule has 0 bridgehead atoms. The molecule has 0 spiro atoms. The average molecular weight is 315 g/mol. The summed E-state index contributed by atoms with van der Waals surface area (Å²) < 4.78 is 5.05. The molecule has 0 atom stereocenters. The Labute approximate surface area is 134 Å². The lowest BCUT2D eigenvalue weighted by Gasteiger charge is -2.06. The second-order valence-corrected chi connectivity index (χ2v) is 4.78. The summed E-state index contributed by atoms with van der Waals surface area (Å²) in [6, 6.07) is 14.0. The number of nitrogens with one attached hydrogen (secondary N) is 2. The monoisotopic (exact) mass is 314 g/mol. The number of methoxy groups -OCH3 is 1. The number of halogens is 1. The molecule has 2 amide bonds. The standard InChI is InChI=1S/C17H15ClN2O2/c1-22-16-9-7-15(8-10-16)20-17(21)19-11-3-5-13-4-2-6-14(18)12-13/h2,4,6-10,12H,11H2,1H3,(H2,19,20,21). The first-order chi connectivity index (χ1) is 10.7. The van der Waals surface area contributed by atoms with Crippen LogP contribution < -0.4 is 15.4 Å². The Hall–Kier alpha value is -2.64. The highest BCUT2D eigenvalue weighted by Gasteiger charge is 1.99. The Balaban J connectivity index is 1.80. The summed E-state index contributed by atoms with van der Waals surface area (Å²) in [4.78, 5) is 11.7. The first-order valence-corrected chi connectivity index (χ1v) is 6.98. The number of benzene rings is 2. The summed E-state index contributed by atoms with van der Waals surface area (Å²) in [5.41, 5.74) is 1.49. The lowest BCUT2D eigenvalue weighted by molar-refractivity contribution is 0.253. The van der Waals surface area contributed by atoms with E-state index in [9.17, 15) is 4.79 Å². The van der Waals surface area contributed by atoms with Gasteiger partial charge in [-0.05, 0) is 42.5 Å². The van der Waals surface area contributed by atoms with E-state index < -0.39 is 0 Å². The summed E-state index contributed by atoms with van der Waals surface area (Å²) in [5.74, 6) is 6.52. The highest BCUT2D eigenvalue weighted by atomic mass is 35.5. The summed E-state index contributed by atoms with van der Waals surface area (Å²) in [6.45, 7) is 0.245. The van der Waals surface area contributed by atoms with Gasteiger partial charge in [-0.15, -0.1) is 0 Å². The fourth-order valence-electron chi connectivity index (χ4n) is 1.69. The van der Waals surface area contributed by atoms with Crippen LogP contribution in [0.15, 0.2) is 48.5 Å². The van der Waals surface area contributed by atoms with Gasteiger partial charge in [0.1, 0.15) is 5.75 Å². The fraction of sp³-hybridized carbons (Fsp3) is 0.118. The van der Waals surface area contributed by atoms with E-state index in [1.807, 2.05) is 12.1 Å². The van der Waals surface area contributed by atoms with Gasteiger partial charge in [0.15, 0.2) is 0 Å². The number of hydrogen-bond donors (Lipinski definition) is 2. The maximum absolute atomic E-state index is 11.7. The smallest absolute Gasteiger partial charge is 0.319 e. The summed E-state index contributed by atoms with van der Waals surface area (Å²) >= 11 is 5.86. The van der Waals surface area contributed by atoms with Crippen LogP contribution in [0.2, 0.25) is 5.02 Å². The van der Waals surface area contributed by atoms with Crippen molar-refractivity contribution in [3.8, 4) is 17.6 Å². The lowest BCUT2D eigenvalue weighted by Crippen LogP contribution is -2.28. The molecule has 0 aromatic heterocycles. The number of urea groups is 1. The molecule has 0 aliphatic rings. The quantitative estimate of drug-likeness (QED) is 0.852. The van der Waals surface area contributed by atoms with Gasteiger partial charge in [-0.2, -0.15) is 0 Å². The van der Waals surface area contributed by atoms with E-state index in [1.165, 1.54) is 0 Å². The number of ether oxygens (including phenoxy) is 1. The van der Waals surface area contributed by atoms with Gasteiger partial charge >= 0.3 is 6.03 Å². The van der Waals surface area contributed by atoms with Crippen LogP contribution in [-0.4, -0.2) is 19.7 Å². The van der Waals surface area contributed by atoms with E-state index in [2.05, 4.69) is 22.5 Å². The third-order valence-electron chi connectivity index (χ3n) is 2.74. The van der Waals surface area contributed by atoms with E-state index in [4.69, 9.17) is 16.3 Å². The Morgan fingerprint density at radius 1 is 1.23 bits per heavy atom. The molecule has 2 aromatic rings. The van der Waals surface area contributed by atoms with Crippen molar-refractivity contribution in [1.82, 2.24) is 5.32 Å². The van der Waals surface area contributed by atoms with Crippen molar-refractivity contribution in [2.75, 3.05) is 19.0 Å². The number of rotatable bonds is 3. The zero-order valence-electron chi connectivity index (χ0n) is 12.0. The van der Waals surface area contributed by atoms with Crippen LogP contribution in [0.4, 0.5) is 10.5 Å². The van der Waals surface area contributed by atoms with Crippen LogP contribution in [0, 0.1) is 11.8 Å². The van der Waals surface area contributed by atoms with Crippen molar-refractivity contribution in [1.29, 1.82) is 0 Å². The van der Waals surface area contributed by atoms with E-state index >= 15 is 0 Å². The predicted molar refractivity (Wildman–Crippen MR) is 88.3 cm³/mol. The second kappa shape index (κ2) is 7.96. The van der Waals surface area contributed by atoms with Crippen LogP contribution in [0.5, 0.6) is 5.75 Å². The number of hydrogen-bond acceptors (Lipinski definition) is 2. The fourth-order valence-corrected chi connectivity index (χ4v) is 1.88. The molecule has 0 unspecified atom stereocenters. The van der Waals surface area contributed by atoms with Gasteiger partial charge in [0.25, 0.3) is 0 Å². The Morgan fingerprint density at radius 2 is 2.00 bits per heavy atom. The third kappa shape index (κ3) is 5.04. The van der Waals surface area contributed by atoms with Crippen LogP contribution in [0.25, 0.3) is 0 Å². The predicted octanol–water partition coefficient (Wildman–Crippen LogP) is 3.52. The molecule has 5 heteroatoms. The zero-order chi connectivity index (χ0) is 15.8. The maximum atomic E-state index is 11.7. The molecule has 2 aromatic carbocycles. The Kier molecular flexibility index (Phi) is 5.70. The molecule has 0 fully saturated rings. The topological polar surface area (TPSA) is 50.4 Å². The molecule has 0 saturated heterocycles. The van der Waals surface area contributed by atoms with Crippen LogP contribution >= 0.6 is 11.6 Å². The summed E-state index contributed by atoms with van der Waals surface area (Å²) in [6.07, 6.45) is 0. The van der Waals surface area contributed by atoms with E-state index in [0.29, 0.717) is 10.7 Å². The molecule has 22 heavy (non-hydrogen) atoms. The first kappa shape index (κ1) is 15.7. The zero-order valence-corrected chi connectivity index (χ0v) is 12.8. The number of anilines is 1. The normalized spacial score (nSPS) is 9.36. The first-order valence-electron chi connectivity index (χ1n) is 6.61. The molecule has 2 rings (SSSR count). The number of carbonyl (C=O) groups excluding carboxylic acids is 1. The van der Waals surface area contributed by atoms with Gasteiger partial charge in [-0.1, -0.05) is 29.5 Å². The summed E-state index contributed by atoms with van der Waals surface area (Å²) in [7, 11) is 1.59. The Morgan fingerprint density at radius 3 is 2.68 bits per heavy atom. The molecule has 2 N–H and O–H groups in total. The molecule has 0 heterocycles. The highest BCUT2D eigenvalue weighted by molar-refractivity contribution is 6.30. The van der Waals surface area contributed by atoms with Crippen molar-refractivity contribution in [3.63, 3.8) is 0 Å². The van der Waals surface area contributed by atoms with E-state index in [1.54, 1.807) is 43.5 Å². The van der Waals surface area contributed by atoms with Gasteiger partial charge in [0.2, 0.25) is 0 Å². The Bertz CT molecular complexity index is 703. The molecule has 0 aliphatic carbocycles. The minimum absolute atomic E-state index is 0.245. The largest absolute Gasteiger partial charge is 0.497 e. The summed E-state index contributed by atoms with van der Waals surface area (Å²) in [5, 5.41) is 6.00. The van der Waals surface area contributed by atoms with E-state index in [-0.39, 0.29) is 12.6 Å². The van der Waals surface area contributed by atoms with Gasteiger partial charge in [0.05, 0.1) is 13.7 Å². The highest BCUT2D eigenvalue weighted by Crippen LogP contribution is 2.14. The van der Waals surface area contributed by atoms with Crippen molar-refractivity contribution >= 4 is 23.3 Å². The number of amides is 2. The molecule has 0 saturated carbocycles. The van der Waals surface area contributed by atoms with E-state index in [0.717, 1.165) is 11.3 Å².